The van der Waals surface area contributed by atoms with Crippen LogP contribution in [0.25, 0.3) is 0 Å². The van der Waals surface area contributed by atoms with Crippen molar-refractivity contribution in [2.45, 2.75) is 51.4 Å². The number of nitrogens with zero attached hydrogens (tertiary/aromatic N) is 1. The van der Waals surface area contributed by atoms with Gasteiger partial charge in [-0.25, -0.2) is 0 Å². The largest absolute Gasteiger partial charge is 0.354 e. The van der Waals surface area contributed by atoms with E-state index in [0.29, 0.717) is 30.3 Å². The van der Waals surface area contributed by atoms with E-state index in [1.807, 2.05) is 49.4 Å². The first-order valence-electron chi connectivity index (χ1n) is 10.5. The molecule has 2 aromatic rings. The van der Waals surface area contributed by atoms with Crippen LogP contribution in [0, 0.1) is 0 Å². The molecule has 0 aliphatic rings. The monoisotopic (exact) mass is 446 g/mol. The first kappa shape index (κ1) is 24.3. The summed E-state index contributed by atoms with van der Waals surface area (Å²) in [5, 5.41) is 3.58. The first-order valence-corrected chi connectivity index (χ1v) is 12.0. The van der Waals surface area contributed by atoms with Gasteiger partial charge in [-0.1, -0.05) is 80.4 Å². The lowest BCUT2D eigenvalue weighted by Gasteiger charge is -2.31. The summed E-state index contributed by atoms with van der Waals surface area (Å²) in [6.45, 7) is 4.97. The predicted molar refractivity (Wildman–Crippen MR) is 127 cm³/mol. The summed E-state index contributed by atoms with van der Waals surface area (Å²) in [5.74, 6) is 0.928. The van der Waals surface area contributed by atoms with Crippen molar-refractivity contribution >= 4 is 35.2 Å². The van der Waals surface area contributed by atoms with Gasteiger partial charge >= 0.3 is 0 Å². The Morgan fingerprint density at radius 3 is 2.43 bits per heavy atom. The number of carbonyl (C=O) groups excluding carboxylic acids is 2. The molecule has 0 spiro atoms. The highest BCUT2D eigenvalue weighted by Crippen LogP contribution is 2.21. The molecule has 6 heteroatoms. The van der Waals surface area contributed by atoms with Crippen molar-refractivity contribution in [2.24, 2.45) is 0 Å². The van der Waals surface area contributed by atoms with Crippen LogP contribution in [-0.2, 0) is 21.9 Å². The average Bonchev–Trinajstić information content (AvgIpc) is 2.75. The van der Waals surface area contributed by atoms with Crippen molar-refractivity contribution in [1.82, 2.24) is 10.2 Å². The average molecular weight is 447 g/mol. The minimum atomic E-state index is -0.511. The molecule has 1 atom stereocenters. The summed E-state index contributed by atoms with van der Waals surface area (Å²) in [7, 11) is 0. The minimum Gasteiger partial charge on any atom is -0.354 e. The van der Waals surface area contributed by atoms with E-state index in [0.717, 1.165) is 24.2 Å². The van der Waals surface area contributed by atoms with Crippen LogP contribution in [0.1, 0.15) is 44.2 Å². The molecule has 0 radical (unpaired) electrons. The highest BCUT2D eigenvalue weighted by molar-refractivity contribution is 7.99. The van der Waals surface area contributed by atoms with Crippen LogP contribution in [0.15, 0.2) is 54.6 Å². The van der Waals surface area contributed by atoms with Gasteiger partial charge < -0.3 is 10.2 Å². The van der Waals surface area contributed by atoms with E-state index < -0.39 is 6.04 Å². The van der Waals surface area contributed by atoms with Gasteiger partial charge in [-0.2, -0.15) is 0 Å². The third-order valence-electron chi connectivity index (χ3n) is 4.85. The SMILES string of the molecule is CCCCNC(=O)C(CC)N(Cc1ccccc1Cl)C(=O)CSCc1ccccc1. The van der Waals surface area contributed by atoms with Crippen LogP contribution in [0.5, 0.6) is 0 Å². The third-order valence-corrected chi connectivity index (χ3v) is 6.21. The van der Waals surface area contributed by atoms with E-state index in [1.54, 1.807) is 16.7 Å². The number of benzene rings is 2. The number of carbonyl (C=O) groups is 2. The van der Waals surface area contributed by atoms with Crippen LogP contribution < -0.4 is 5.32 Å². The van der Waals surface area contributed by atoms with Crippen LogP contribution in [0.3, 0.4) is 0 Å². The normalized spacial score (nSPS) is 11.7. The molecule has 162 valence electrons. The molecule has 0 heterocycles. The molecule has 0 bridgehead atoms. The van der Waals surface area contributed by atoms with Crippen molar-refractivity contribution in [2.75, 3.05) is 12.3 Å². The maximum atomic E-state index is 13.2. The smallest absolute Gasteiger partial charge is 0.242 e. The molecule has 30 heavy (non-hydrogen) atoms. The number of hydrogen-bond donors (Lipinski definition) is 1. The van der Waals surface area contributed by atoms with Crippen LogP contribution in [-0.4, -0.2) is 35.1 Å². The van der Waals surface area contributed by atoms with Crippen molar-refractivity contribution < 1.29 is 9.59 Å². The fourth-order valence-corrected chi connectivity index (χ4v) is 4.22. The second-order valence-electron chi connectivity index (χ2n) is 7.16. The lowest BCUT2D eigenvalue weighted by Crippen LogP contribution is -2.49. The van der Waals surface area contributed by atoms with Gasteiger partial charge in [-0.3, -0.25) is 9.59 Å². The Labute approximate surface area is 189 Å². The lowest BCUT2D eigenvalue weighted by molar-refractivity contribution is -0.139. The summed E-state index contributed by atoms with van der Waals surface area (Å²) in [6, 6.07) is 17.0. The predicted octanol–water partition coefficient (Wildman–Crippen LogP) is 5.30. The van der Waals surface area contributed by atoms with E-state index in [-0.39, 0.29) is 11.8 Å². The molecule has 2 rings (SSSR count). The van der Waals surface area contributed by atoms with Gasteiger partial charge in [-0.15, -0.1) is 11.8 Å². The third kappa shape index (κ3) is 7.69. The molecular weight excluding hydrogens is 416 g/mol. The maximum absolute atomic E-state index is 13.2. The topological polar surface area (TPSA) is 49.4 Å². The molecule has 1 N–H and O–H groups in total. The highest BCUT2D eigenvalue weighted by Gasteiger charge is 2.28. The Morgan fingerprint density at radius 2 is 1.77 bits per heavy atom. The number of halogens is 1. The van der Waals surface area contributed by atoms with E-state index in [2.05, 4.69) is 24.4 Å². The van der Waals surface area contributed by atoms with Crippen molar-refractivity contribution in [3.8, 4) is 0 Å². The molecule has 0 aliphatic carbocycles. The summed E-state index contributed by atoms with van der Waals surface area (Å²) in [6.07, 6.45) is 2.49. The van der Waals surface area contributed by atoms with E-state index in [1.165, 1.54) is 5.56 Å². The number of nitrogens with one attached hydrogen (secondary N) is 1. The molecule has 0 aromatic heterocycles. The van der Waals surface area contributed by atoms with Crippen LogP contribution in [0.2, 0.25) is 5.02 Å². The molecule has 0 fully saturated rings. The number of amides is 2. The van der Waals surface area contributed by atoms with Gasteiger partial charge in [0.25, 0.3) is 0 Å². The van der Waals surface area contributed by atoms with Crippen molar-refractivity contribution in [3.63, 3.8) is 0 Å². The molecule has 0 saturated carbocycles. The van der Waals surface area contributed by atoms with Crippen molar-refractivity contribution in [1.29, 1.82) is 0 Å². The van der Waals surface area contributed by atoms with Gasteiger partial charge in [0.05, 0.1) is 5.75 Å². The minimum absolute atomic E-state index is 0.0478. The van der Waals surface area contributed by atoms with E-state index in [4.69, 9.17) is 11.6 Å². The summed E-state index contributed by atoms with van der Waals surface area (Å²) < 4.78 is 0. The van der Waals surface area contributed by atoms with Crippen LogP contribution in [0.4, 0.5) is 0 Å². The fourth-order valence-electron chi connectivity index (χ4n) is 3.15. The lowest BCUT2D eigenvalue weighted by atomic mass is 10.1. The van der Waals surface area contributed by atoms with E-state index >= 15 is 0 Å². The molecular formula is C24H31ClN2O2S. The fraction of sp³-hybridized carbons (Fsp3) is 0.417. The molecule has 2 aromatic carbocycles. The van der Waals surface area contributed by atoms with Gasteiger partial charge in [-0.05, 0) is 30.0 Å². The summed E-state index contributed by atoms with van der Waals surface area (Å²) >= 11 is 7.91. The quantitative estimate of drug-likeness (QED) is 0.450. The number of thioether (sulfide) groups is 1. The Morgan fingerprint density at radius 1 is 1.07 bits per heavy atom. The second kappa shape index (κ2) is 13.3. The Balaban J connectivity index is 2.11. The Hall–Kier alpha value is -1.98. The van der Waals surface area contributed by atoms with Gasteiger partial charge in [0, 0.05) is 23.9 Å². The van der Waals surface area contributed by atoms with Gasteiger partial charge in [0.15, 0.2) is 0 Å². The zero-order chi connectivity index (χ0) is 21.8. The van der Waals surface area contributed by atoms with Gasteiger partial charge in [0.1, 0.15) is 6.04 Å². The zero-order valence-electron chi connectivity index (χ0n) is 17.8. The summed E-state index contributed by atoms with van der Waals surface area (Å²) in [4.78, 5) is 27.7. The second-order valence-corrected chi connectivity index (χ2v) is 8.55. The standard InChI is InChI=1S/C24H31ClN2O2S/c1-3-5-15-26-24(29)22(4-2)27(16-20-13-9-10-14-21(20)25)23(28)18-30-17-19-11-7-6-8-12-19/h6-14,22H,3-5,15-18H2,1-2H3,(H,26,29). The van der Waals surface area contributed by atoms with Crippen LogP contribution >= 0.6 is 23.4 Å². The van der Waals surface area contributed by atoms with Crippen molar-refractivity contribution in [3.05, 3.63) is 70.7 Å². The molecule has 0 saturated heterocycles. The number of rotatable bonds is 12. The Kier molecular flexibility index (Phi) is 10.8. The maximum Gasteiger partial charge on any atom is 0.242 e. The zero-order valence-corrected chi connectivity index (χ0v) is 19.3. The van der Waals surface area contributed by atoms with Gasteiger partial charge in [0.2, 0.25) is 11.8 Å². The number of hydrogen-bond acceptors (Lipinski definition) is 3. The molecule has 2 amide bonds. The first-order chi connectivity index (χ1) is 14.6. The molecule has 4 nitrogen and oxygen atoms in total. The molecule has 0 aliphatic heterocycles. The summed E-state index contributed by atoms with van der Waals surface area (Å²) in [5.41, 5.74) is 2.03. The Bertz CT molecular complexity index is 801. The number of unbranched alkanes of at least 4 members (excludes halogenated alkanes) is 1. The molecule has 1 unspecified atom stereocenters. The highest BCUT2D eigenvalue weighted by atomic mass is 35.5. The van der Waals surface area contributed by atoms with E-state index in [9.17, 15) is 9.59 Å².